The van der Waals surface area contributed by atoms with E-state index in [9.17, 15) is 4.79 Å². The third kappa shape index (κ3) is 4.43. The number of carbonyl (C=O) groups is 1. The van der Waals surface area contributed by atoms with Gasteiger partial charge in [-0.3, -0.25) is 9.69 Å². The molecule has 4 nitrogen and oxygen atoms in total. The van der Waals surface area contributed by atoms with E-state index in [1.807, 2.05) is 12.1 Å². The van der Waals surface area contributed by atoms with E-state index in [-0.39, 0.29) is 5.78 Å². The smallest absolute Gasteiger partial charge is 0.159 e. The fraction of sp³-hybridized carbons (Fsp3) is 0.562. The molecule has 1 aromatic rings. The molecule has 0 bridgehead atoms. The molecule has 1 fully saturated rings. The number of benzene rings is 1. The molecule has 5 heteroatoms. The predicted molar refractivity (Wildman–Crippen MR) is 88.7 cm³/mol. The average molecular weight is 310 g/mol. The van der Waals surface area contributed by atoms with Crippen molar-refractivity contribution in [3.8, 4) is 0 Å². The minimum Gasteiger partial charge on any atom is -0.368 e. The molecule has 0 saturated carbocycles. The Morgan fingerprint density at radius 1 is 1.24 bits per heavy atom. The van der Waals surface area contributed by atoms with Gasteiger partial charge in [0.15, 0.2) is 5.78 Å². The van der Waals surface area contributed by atoms with Gasteiger partial charge in [-0.05, 0) is 39.2 Å². The first-order chi connectivity index (χ1) is 9.97. The second kappa shape index (κ2) is 7.25. The molecule has 0 amide bonds. The lowest BCUT2D eigenvalue weighted by molar-refractivity contribution is 0.101. The SMILES string of the molecule is CC(=O)c1ccc(N2CCN(CCN(C)C)CC2)c(Cl)c1. The van der Waals surface area contributed by atoms with Crippen LogP contribution in [0.4, 0.5) is 5.69 Å². The van der Waals surface area contributed by atoms with E-state index in [1.165, 1.54) is 0 Å². The molecule has 1 saturated heterocycles. The first-order valence-electron chi connectivity index (χ1n) is 7.40. The molecular weight excluding hydrogens is 286 g/mol. The second-order valence-corrected chi connectivity index (χ2v) is 6.26. The Labute approximate surface area is 132 Å². The van der Waals surface area contributed by atoms with E-state index in [4.69, 9.17) is 11.6 Å². The number of carbonyl (C=O) groups excluding carboxylic acids is 1. The Morgan fingerprint density at radius 3 is 2.43 bits per heavy atom. The molecule has 116 valence electrons. The number of Topliss-reactive ketones (excluding diaryl/α,β-unsaturated/α-hetero) is 1. The van der Waals surface area contributed by atoms with Crippen LogP contribution in [0.2, 0.25) is 5.02 Å². The van der Waals surface area contributed by atoms with Gasteiger partial charge in [0.2, 0.25) is 0 Å². The van der Waals surface area contributed by atoms with Gasteiger partial charge in [-0.1, -0.05) is 11.6 Å². The number of nitrogens with zero attached hydrogens (tertiary/aromatic N) is 3. The quantitative estimate of drug-likeness (QED) is 0.779. The summed E-state index contributed by atoms with van der Waals surface area (Å²) >= 11 is 6.33. The van der Waals surface area contributed by atoms with Crippen LogP contribution >= 0.6 is 11.6 Å². The van der Waals surface area contributed by atoms with Crippen LogP contribution in [-0.2, 0) is 0 Å². The standard InChI is InChI=1S/C16H24ClN3O/c1-13(21)14-4-5-16(15(17)12-14)20-10-8-19(9-11-20)7-6-18(2)3/h4-5,12H,6-11H2,1-3H3. The first kappa shape index (κ1) is 16.3. The third-order valence-corrected chi connectivity index (χ3v) is 4.23. The van der Waals surface area contributed by atoms with Crippen LogP contribution in [0.1, 0.15) is 17.3 Å². The first-order valence-corrected chi connectivity index (χ1v) is 7.77. The summed E-state index contributed by atoms with van der Waals surface area (Å²) in [5.74, 6) is 0.0527. The maximum atomic E-state index is 11.4. The molecule has 1 heterocycles. The Balaban J connectivity index is 1.94. The summed E-state index contributed by atoms with van der Waals surface area (Å²) in [4.78, 5) is 18.4. The number of hydrogen-bond acceptors (Lipinski definition) is 4. The molecule has 0 N–H and O–H groups in total. The van der Waals surface area contributed by atoms with Crippen LogP contribution < -0.4 is 4.90 Å². The van der Waals surface area contributed by atoms with Gasteiger partial charge in [-0.2, -0.15) is 0 Å². The lowest BCUT2D eigenvalue weighted by atomic mass is 10.1. The Morgan fingerprint density at radius 2 is 1.90 bits per heavy atom. The summed E-state index contributed by atoms with van der Waals surface area (Å²) in [6.07, 6.45) is 0. The average Bonchev–Trinajstić information content (AvgIpc) is 2.45. The highest BCUT2D eigenvalue weighted by molar-refractivity contribution is 6.33. The largest absolute Gasteiger partial charge is 0.368 e. The van der Waals surface area contributed by atoms with Crippen molar-refractivity contribution in [3.05, 3.63) is 28.8 Å². The maximum absolute atomic E-state index is 11.4. The van der Waals surface area contributed by atoms with Crippen molar-refractivity contribution in [3.63, 3.8) is 0 Å². The number of hydrogen-bond donors (Lipinski definition) is 0. The van der Waals surface area contributed by atoms with Crippen molar-refractivity contribution >= 4 is 23.1 Å². The van der Waals surface area contributed by atoms with Gasteiger partial charge >= 0.3 is 0 Å². The minimum absolute atomic E-state index is 0.0527. The molecule has 0 aliphatic carbocycles. The third-order valence-electron chi connectivity index (χ3n) is 3.93. The zero-order valence-corrected chi connectivity index (χ0v) is 13.9. The van der Waals surface area contributed by atoms with Gasteiger partial charge < -0.3 is 9.80 Å². The van der Waals surface area contributed by atoms with Crippen LogP contribution in [0.15, 0.2) is 18.2 Å². The predicted octanol–water partition coefficient (Wildman–Crippen LogP) is 2.23. The number of anilines is 1. The van der Waals surface area contributed by atoms with Gasteiger partial charge in [0.05, 0.1) is 10.7 Å². The number of likely N-dealkylation sites (N-methyl/N-ethyl adjacent to an activating group) is 1. The van der Waals surface area contributed by atoms with Crippen LogP contribution in [0.5, 0.6) is 0 Å². The Hall–Kier alpha value is -1.10. The molecule has 21 heavy (non-hydrogen) atoms. The van der Waals surface area contributed by atoms with Crippen molar-refractivity contribution in [2.45, 2.75) is 6.92 Å². The van der Waals surface area contributed by atoms with E-state index < -0.39 is 0 Å². The van der Waals surface area contributed by atoms with Crippen molar-refractivity contribution in [1.82, 2.24) is 9.80 Å². The topological polar surface area (TPSA) is 26.8 Å². The summed E-state index contributed by atoms with van der Waals surface area (Å²) < 4.78 is 0. The molecule has 0 aromatic heterocycles. The van der Waals surface area contributed by atoms with Crippen LogP contribution in [0, 0.1) is 0 Å². The van der Waals surface area contributed by atoms with E-state index in [2.05, 4.69) is 28.8 Å². The molecule has 0 atom stereocenters. The molecule has 1 aromatic carbocycles. The zero-order valence-electron chi connectivity index (χ0n) is 13.1. The summed E-state index contributed by atoms with van der Waals surface area (Å²) in [6, 6.07) is 5.61. The fourth-order valence-corrected chi connectivity index (χ4v) is 2.84. The van der Waals surface area contributed by atoms with Gasteiger partial charge in [0, 0.05) is 44.8 Å². The summed E-state index contributed by atoms with van der Waals surface area (Å²) in [5, 5.41) is 0.671. The van der Waals surface area contributed by atoms with Crippen LogP contribution in [-0.4, -0.2) is 68.9 Å². The van der Waals surface area contributed by atoms with E-state index in [0.29, 0.717) is 10.6 Å². The number of halogens is 1. The van der Waals surface area contributed by atoms with E-state index in [0.717, 1.165) is 45.0 Å². The summed E-state index contributed by atoms with van der Waals surface area (Å²) in [5.41, 5.74) is 1.71. The lowest BCUT2D eigenvalue weighted by Gasteiger charge is -2.37. The molecule has 1 aliphatic heterocycles. The Bertz CT molecular complexity index is 496. The highest BCUT2D eigenvalue weighted by atomic mass is 35.5. The van der Waals surface area contributed by atoms with Gasteiger partial charge in [0.25, 0.3) is 0 Å². The van der Waals surface area contributed by atoms with Gasteiger partial charge in [0.1, 0.15) is 0 Å². The molecule has 0 unspecified atom stereocenters. The van der Waals surface area contributed by atoms with Crippen molar-refractivity contribution in [1.29, 1.82) is 0 Å². The zero-order chi connectivity index (χ0) is 15.4. The van der Waals surface area contributed by atoms with E-state index >= 15 is 0 Å². The van der Waals surface area contributed by atoms with Crippen molar-refractivity contribution in [2.75, 3.05) is 58.3 Å². The van der Waals surface area contributed by atoms with Gasteiger partial charge in [-0.15, -0.1) is 0 Å². The van der Waals surface area contributed by atoms with Crippen molar-refractivity contribution in [2.24, 2.45) is 0 Å². The van der Waals surface area contributed by atoms with Gasteiger partial charge in [-0.25, -0.2) is 0 Å². The number of ketones is 1. The lowest BCUT2D eigenvalue weighted by Crippen LogP contribution is -2.48. The van der Waals surface area contributed by atoms with E-state index in [1.54, 1.807) is 13.0 Å². The molecule has 0 radical (unpaired) electrons. The normalized spacial score (nSPS) is 16.5. The van der Waals surface area contributed by atoms with Crippen LogP contribution in [0.3, 0.4) is 0 Å². The molecular formula is C16H24ClN3O. The highest BCUT2D eigenvalue weighted by Gasteiger charge is 2.19. The Kier molecular flexibility index (Phi) is 5.62. The summed E-state index contributed by atoms with van der Waals surface area (Å²) in [7, 11) is 4.21. The highest BCUT2D eigenvalue weighted by Crippen LogP contribution is 2.28. The number of piperazine rings is 1. The molecule has 2 rings (SSSR count). The monoisotopic (exact) mass is 309 g/mol. The fourth-order valence-electron chi connectivity index (χ4n) is 2.54. The maximum Gasteiger partial charge on any atom is 0.159 e. The molecule has 0 spiro atoms. The van der Waals surface area contributed by atoms with Crippen LogP contribution in [0.25, 0.3) is 0 Å². The molecule has 1 aliphatic rings. The summed E-state index contributed by atoms with van der Waals surface area (Å²) in [6.45, 7) is 7.83. The van der Waals surface area contributed by atoms with Crippen molar-refractivity contribution < 1.29 is 4.79 Å². The number of rotatable bonds is 5. The second-order valence-electron chi connectivity index (χ2n) is 5.85. The minimum atomic E-state index is 0.0527.